The van der Waals surface area contributed by atoms with Crippen molar-refractivity contribution in [3.05, 3.63) is 29.8 Å². The Morgan fingerprint density at radius 1 is 1.22 bits per heavy atom. The zero-order valence-electron chi connectivity index (χ0n) is 11.1. The number of methoxy groups -OCH3 is 1. The second-order valence-electron chi connectivity index (χ2n) is 5.41. The molecular formula is C15H22N2O. The van der Waals surface area contributed by atoms with Gasteiger partial charge in [0.05, 0.1) is 6.10 Å². The van der Waals surface area contributed by atoms with Crippen LogP contribution in [0.2, 0.25) is 0 Å². The molecule has 1 aliphatic carbocycles. The third kappa shape index (κ3) is 2.85. The molecule has 3 heteroatoms. The molecule has 3 rings (SSSR count). The van der Waals surface area contributed by atoms with Crippen LogP contribution in [0.15, 0.2) is 24.3 Å². The normalized spacial score (nSPS) is 23.6. The molecule has 0 radical (unpaired) electrons. The third-order valence-electron chi connectivity index (χ3n) is 3.95. The molecule has 2 aliphatic rings. The summed E-state index contributed by atoms with van der Waals surface area (Å²) in [5.74, 6) is 0. The van der Waals surface area contributed by atoms with Crippen LogP contribution in [0.3, 0.4) is 0 Å². The van der Waals surface area contributed by atoms with Crippen LogP contribution in [0.5, 0.6) is 0 Å². The van der Waals surface area contributed by atoms with Gasteiger partial charge in [0, 0.05) is 38.5 Å². The standard InChI is InChI=1S/C15H22N2O/c1-18-15-8-9-17(11-15)14-6-2-12(3-7-14)10-16-13-4-5-13/h2-3,6-7,13,15-16H,4-5,8-11H2,1H3. The maximum Gasteiger partial charge on any atom is 0.0762 e. The molecule has 2 fully saturated rings. The first kappa shape index (κ1) is 12.0. The van der Waals surface area contributed by atoms with Gasteiger partial charge in [-0.05, 0) is 37.0 Å². The summed E-state index contributed by atoms with van der Waals surface area (Å²) in [6, 6.07) is 9.74. The molecule has 1 unspecified atom stereocenters. The van der Waals surface area contributed by atoms with Crippen molar-refractivity contribution in [2.75, 3.05) is 25.1 Å². The molecule has 0 bridgehead atoms. The van der Waals surface area contributed by atoms with Crippen molar-refractivity contribution in [3.8, 4) is 0 Å². The van der Waals surface area contributed by atoms with E-state index in [1.54, 1.807) is 7.11 Å². The van der Waals surface area contributed by atoms with Crippen molar-refractivity contribution in [2.24, 2.45) is 0 Å². The maximum absolute atomic E-state index is 5.41. The quantitative estimate of drug-likeness (QED) is 0.861. The van der Waals surface area contributed by atoms with E-state index in [2.05, 4.69) is 34.5 Å². The number of ether oxygens (including phenoxy) is 1. The topological polar surface area (TPSA) is 24.5 Å². The highest BCUT2D eigenvalue weighted by Crippen LogP contribution is 2.23. The molecule has 0 amide bonds. The smallest absolute Gasteiger partial charge is 0.0762 e. The molecule has 1 aliphatic heterocycles. The zero-order valence-corrected chi connectivity index (χ0v) is 11.1. The fraction of sp³-hybridized carbons (Fsp3) is 0.600. The Hall–Kier alpha value is -1.06. The first-order valence-electron chi connectivity index (χ1n) is 6.95. The summed E-state index contributed by atoms with van der Waals surface area (Å²) in [6.45, 7) is 3.14. The zero-order chi connectivity index (χ0) is 12.4. The van der Waals surface area contributed by atoms with Gasteiger partial charge in [0.15, 0.2) is 0 Å². The van der Waals surface area contributed by atoms with E-state index in [9.17, 15) is 0 Å². The van der Waals surface area contributed by atoms with Crippen LogP contribution in [0.25, 0.3) is 0 Å². The molecule has 1 aromatic carbocycles. The molecule has 1 heterocycles. The highest BCUT2D eigenvalue weighted by molar-refractivity contribution is 5.48. The van der Waals surface area contributed by atoms with Crippen molar-refractivity contribution in [1.29, 1.82) is 0 Å². The maximum atomic E-state index is 5.41. The van der Waals surface area contributed by atoms with Gasteiger partial charge in [-0.3, -0.25) is 0 Å². The van der Waals surface area contributed by atoms with E-state index >= 15 is 0 Å². The van der Waals surface area contributed by atoms with Gasteiger partial charge in [-0.25, -0.2) is 0 Å². The molecule has 1 saturated heterocycles. The van der Waals surface area contributed by atoms with Gasteiger partial charge >= 0.3 is 0 Å². The predicted molar refractivity (Wildman–Crippen MR) is 73.9 cm³/mol. The van der Waals surface area contributed by atoms with Crippen LogP contribution >= 0.6 is 0 Å². The fourth-order valence-electron chi connectivity index (χ4n) is 2.53. The van der Waals surface area contributed by atoms with Crippen molar-refractivity contribution < 1.29 is 4.74 Å². The number of rotatable bonds is 5. The summed E-state index contributed by atoms with van der Waals surface area (Å²) in [5, 5.41) is 3.54. The van der Waals surface area contributed by atoms with Gasteiger partial charge in [-0.1, -0.05) is 12.1 Å². The lowest BCUT2D eigenvalue weighted by Gasteiger charge is -2.18. The van der Waals surface area contributed by atoms with E-state index in [-0.39, 0.29) is 0 Å². The van der Waals surface area contributed by atoms with E-state index in [1.807, 2.05) is 0 Å². The Labute approximate surface area is 109 Å². The minimum Gasteiger partial charge on any atom is -0.380 e. The summed E-state index contributed by atoms with van der Waals surface area (Å²) in [6.07, 6.45) is 4.25. The third-order valence-corrected chi connectivity index (χ3v) is 3.95. The molecule has 18 heavy (non-hydrogen) atoms. The second-order valence-corrected chi connectivity index (χ2v) is 5.41. The molecule has 3 nitrogen and oxygen atoms in total. The summed E-state index contributed by atoms with van der Waals surface area (Å²) >= 11 is 0. The van der Waals surface area contributed by atoms with Crippen molar-refractivity contribution in [2.45, 2.75) is 38.0 Å². The van der Waals surface area contributed by atoms with E-state index in [0.717, 1.165) is 32.1 Å². The fourth-order valence-corrected chi connectivity index (χ4v) is 2.53. The van der Waals surface area contributed by atoms with Crippen LogP contribution < -0.4 is 10.2 Å². The van der Waals surface area contributed by atoms with Gasteiger partial charge in [-0.15, -0.1) is 0 Å². The Morgan fingerprint density at radius 3 is 2.61 bits per heavy atom. The first-order chi connectivity index (χ1) is 8.85. The number of benzene rings is 1. The Morgan fingerprint density at radius 2 is 2.00 bits per heavy atom. The van der Waals surface area contributed by atoms with Crippen LogP contribution in [0.1, 0.15) is 24.8 Å². The number of anilines is 1. The average Bonchev–Trinajstić information content (AvgIpc) is 3.12. The van der Waals surface area contributed by atoms with Gasteiger partial charge < -0.3 is 15.0 Å². The van der Waals surface area contributed by atoms with E-state index in [0.29, 0.717) is 6.10 Å². The SMILES string of the molecule is COC1CCN(c2ccc(CNC3CC3)cc2)C1. The van der Waals surface area contributed by atoms with Crippen molar-refractivity contribution >= 4 is 5.69 Å². The van der Waals surface area contributed by atoms with Crippen LogP contribution in [0, 0.1) is 0 Å². The molecule has 1 aromatic rings. The number of nitrogens with zero attached hydrogens (tertiary/aromatic N) is 1. The van der Waals surface area contributed by atoms with Crippen LogP contribution in [0.4, 0.5) is 5.69 Å². The number of nitrogens with one attached hydrogen (secondary N) is 1. The summed E-state index contributed by atoms with van der Waals surface area (Å²) < 4.78 is 5.41. The number of hydrogen-bond donors (Lipinski definition) is 1. The monoisotopic (exact) mass is 246 g/mol. The highest BCUT2D eigenvalue weighted by atomic mass is 16.5. The van der Waals surface area contributed by atoms with E-state index < -0.39 is 0 Å². The molecular weight excluding hydrogens is 224 g/mol. The lowest BCUT2D eigenvalue weighted by atomic mass is 10.2. The lowest BCUT2D eigenvalue weighted by molar-refractivity contribution is 0.121. The van der Waals surface area contributed by atoms with Crippen LogP contribution in [-0.2, 0) is 11.3 Å². The van der Waals surface area contributed by atoms with Crippen molar-refractivity contribution in [1.82, 2.24) is 5.32 Å². The summed E-state index contributed by atoms with van der Waals surface area (Å²) in [5.41, 5.74) is 2.71. The predicted octanol–water partition coefficient (Wildman–Crippen LogP) is 2.16. The van der Waals surface area contributed by atoms with Gasteiger partial charge in [0.1, 0.15) is 0 Å². The largest absolute Gasteiger partial charge is 0.380 e. The Kier molecular flexibility index (Phi) is 3.52. The van der Waals surface area contributed by atoms with Gasteiger partial charge in [0.2, 0.25) is 0 Å². The molecule has 0 aromatic heterocycles. The minimum atomic E-state index is 0.404. The van der Waals surface area contributed by atoms with Gasteiger partial charge in [-0.2, -0.15) is 0 Å². The highest BCUT2D eigenvalue weighted by Gasteiger charge is 2.22. The molecule has 98 valence electrons. The number of hydrogen-bond acceptors (Lipinski definition) is 3. The molecule has 1 atom stereocenters. The molecule has 0 spiro atoms. The second kappa shape index (κ2) is 5.29. The van der Waals surface area contributed by atoms with E-state index in [4.69, 9.17) is 4.74 Å². The average molecular weight is 246 g/mol. The molecule has 1 saturated carbocycles. The lowest BCUT2D eigenvalue weighted by Crippen LogP contribution is -2.22. The first-order valence-corrected chi connectivity index (χ1v) is 6.95. The Balaban J connectivity index is 1.56. The van der Waals surface area contributed by atoms with E-state index in [1.165, 1.54) is 24.1 Å². The molecule has 1 N–H and O–H groups in total. The minimum absolute atomic E-state index is 0.404. The van der Waals surface area contributed by atoms with Crippen LogP contribution in [-0.4, -0.2) is 32.3 Å². The summed E-state index contributed by atoms with van der Waals surface area (Å²) in [4.78, 5) is 2.41. The van der Waals surface area contributed by atoms with Crippen molar-refractivity contribution in [3.63, 3.8) is 0 Å². The van der Waals surface area contributed by atoms with Gasteiger partial charge in [0.25, 0.3) is 0 Å². The Bertz CT molecular complexity index is 386. The summed E-state index contributed by atoms with van der Waals surface area (Å²) in [7, 11) is 1.81.